The molecule has 0 aliphatic heterocycles. The number of aryl methyl sites for hydroxylation is 1. The quantitative estimate of drug-likeness (QED) is 0.436. The monoisotopic (exact) mass is 419 g/mol. The summed E-state index contributed by atoms with van der Waals surface area (Å²) in [6.45, 7) is 2.47. The summed E-state index contributed by atoms with van der Waals surface area (Å²) >= 11 is 1.35. The van der Waals surface area contributed by atoms with Crippen LogP contribution < -0.4 is 5.32 Å². The highest BCUT2D eigenvalue weighted by Crippen LogP contribution is 2.29. The summed E-state index contributed by atoms with van der Waals surface area (Å²) in [6.07, 6.45) is 5.95. The lowest BCUT2D eigenvalue weighted by molar-refractivity contribution is -0.118. The molecular formula is C22H21N5O2S. The molecule has 152 valence electrons. The molecule has 1 aromatic carbocycles. The van der Waals surface area contributed by atoms with Gasteiger partial charge in [-0.05, 0) is 42.3 Å². The summed E-state index contributed by atoms with van der Waals surface area (Å²) in [5, 5.41) is 12.3. The molecule has 0 spiro atoms. The molecule has 3 heterocycles. The Hall–Kier alpha value is -3.39. The largest absolute Gasteiger partial charge is 0.467 e. The van der Waals surface area contributed by atoms with Gasteiger partial charge < -0.3 is 9.73 Å². The van der Waals surface area contributed by atoms with Crippen molar-refractivity contribution in [2.45, 2.75) is 25.0 Å². The third-order valence-electron chi connectivity index (χ3n) is 4.54. The van der Waals surface area contributed by atoms with Crippen molar-refractivity contribution in [2.75, 3.05) is 5.75 Å². The zero-order valence-electron chi connectivity index (χ0n) is 16.5. The molecule has 30 heavy (non-hydrogen) atoms. The third-order valence-corrected chi connectivity index (χ3v) is 5.47. The first-order valence-electron chi connectivity index (χ1n) is 9.62. The molecule has 1 amide bonds. The number of thioether (sulfide) groups is 1. The van der Waals surface area contributed by atoms with Gasteiger partial charge in [0.2, 0.25) is 5.91 Å². The molecule has 4 aromatic rings. The minimum absolute atomic E-state index is 0.0994. The number of furan rings is 1. The van der Waals surface area contributed by atoms with E-state index in [4.69, 9.17) is 4.42 Å². The van der Waals surface area contributed by atoms with Crippen LogP contribution in [0.5, 0.6) is 0 Å². The number of nitrogens with zero attached hydrogens (tertiary/aromatic N) is 4. The maximum absolute atomic E-state index is 12.3. The number of rotatable bonds is 8. The fourth-order valence-corrected chi connectivity index (χ4v) is 3.85. The van der Waals surface area contributed by atoms with Crippen LogP contribution >= 0.6 is 11.8 Å². The topological polar surface area (TPSA) is 85.8 Å². The number of carbonyl (C=O) groups excluding carboxylic acids is 1. The summed E-state index contributed by atoms with van der Waals surface area (Å²) in [4.78, 5) is 16.5. The molecule has 0 saturated heterocycles. The number of pyridine rings is 1. The van der Waals surface area contributed by atoms with Crippen molar-refractivity contribution >= 4 is 17.7 Å². The second-order valence-corrected chi connectivity index (χ2v) is 7.45. The van der Waals surface area contributed by atoms with Gasteiger partial charge in [-0.15, -0.1) is 10.2 Å². The Kier molecular flexibility index (Phi) is 6.24. The Bertz CT molecular complexity index is 1110. The molecule has 0 atom stereocenters. The lowest BCUT2D eigenvalue weighted by Crippen LogP contribution is -2.24. The average molecular weight is 420 g/mol. The van der Waals surface area contributed by atoms with Crippen LogP contribution in [0.2, 0.25) is 0 Å². The van der Waals surface area contributed by atoms with E-state index in [1.54, 1.807) is 24.7 Å². The van der Waals surface area contributed by atoms with E-state index in [0.717, 1.165) is 17.7 Å². The average Bonchev–Trinajstić information content (AvgIpc) is 3.46. The van der Waals surface area contributed by atoms with E-state index >= 15 is 0 Å². The number of amides is 1. The first-order chi connectivity index (χ1) is 14.8. The summed E-state index contributed by atoms with van der Waals surface area (Å²) < 4.78 is 7.25. The van der Waals surface area contributed by atoms with Gasteiger partial charge in [0, 0.05) is 18.0 Å². The van der Waals surface area contributed by atoms with Gasteiger partial charge in [-0.2, -0.15) is 0 Å². The lowest BCUT2D eigenvalue weighted by atomic mass is 10.1. The van der Waals surface area contributed by atoms with Crippen molar-refractivity contribution < 1.29 is 9.21 Å². The van der Waals surface area contributed by atoms with E-state index in [2.05, 4.69) is 33.5 Å². The van der Waals surface area contributed by atoms with Crippen molar-refractivity contribution in [1.29, 1.82) is 0 Å². The zero-order chi connectivity index (χ0) is 20.8. The number of benzene rings is 1. The second-order valence-electron chi connectivity index (χ2n) is 6.51. The van der Waals surface area contributed by atoms with Gasteiger partial charge in [-0.1, -0.05) is 36.9 Å². The van der Waals surface area contributed by atoms with Crippen molar-refractivity contribution in [3.8, 4) is 17.1 Å². The van der Waals surface area contributed by atoms with E-state index in [1.165, 1.54) is 17.3 Å². The number of carbonyl (C=O) groups is 1. The molecular weight excluding hydrogens is 398 g/mol. The van der Waals surface area contributed by atoms with Crippen molar-refractivity contribution in [3.05, 3.63) is 78.5 Å². The van der Waals surface area contributed by atoms with E-state index in [-0.39, 0.29) is 11.7 Å². The smallest absolute Gasteiger partial charge is 0.230 e. The standard InChI is InChI=1S/C22H21N5O2S/c1-2-16-7-3-4-10-19(16)27-21(17-8-5-11-23-13-17)25-26-22(27)30-15-20(28)24-14-18-9-6-12-29-18/h3-13H,2,14-15H2,1H3,(H,24,28). The third kappa shape index (κ3) is 4.44. The van der Waals surface area contributed by atoms with Gasteiger partial charge in [0.05, 0.1) is 24.2 Å². The molecule has 0 bridgehead atoms. The molecule has 0 aliphatic carbocycles. The molecule has 0 saturated carbocycles. The Morgan fingerprint density at radius 3 is 2.80 bits per heavy atom. The Morgan fingerprint density at radius 1 is 1.13 bits per heavy atom. The molecule has 0 aliphatic rings. The summed E-state index contributed by atoms with van der Waals surface area (Å²) in [5.41, 5.74) is 3.04. The van der Waals surface area contributed by atoms with Crippen LogP contribution in [-0.2, 0) is 17.8 Å². The molecule has 0 fully saturated rings. The normalized spacial score (nSPS) is 10.8. The molecule has 8 heteroatoms. The van der Waals surface area contributed by atoms with E-state index in [0.29, 0.717) is 23.3 Å². The van der Waals surface area contributed by atoms with Crippen LogP contribution in [-0.4, -0.2) is 31.4 Å². The first-order valence-corrected chi connectivity index (χ1v) is 10.6. The van der Waals surface area contributed by atoms with Gasteiger partial charge >= 0.3 is 0 Å². The maximum Gasteiger partial charge on any atom is 0.230 e. The van der Waals surface area contributed by atoms with Gasteiger partial charge in [-0.3, -0.25) is 14.3 Å². The van der Waals surface area contributed by atoms with Gasteiger partial charge in [-0.25, -0.2) is 0 Å². The maximum atomic E-state index is 12.3. The van der Waals surface area contributed by atoms with Crippen molar-refractivity contribution in [1.82, 2.24) is 25.1 Å². The number of hydrogen-bond donors (Lipinski definition) is 1. The minimum Gasteiger partial charge on any atom is -0.467 e. The fourth-order valence-electron chi connectivity index (χ4n) is 3.07. The SMILES string of the molecule is CCc1ccccc1-n1c(SCC(=O)NCc2ccco2)nnc1-c1cccnc1. The molecule has 3 aromatic heterocycles. The highest BCUT2D eigenvalue weighted by atomic mass is 32.2. The molecule has 7 nitrogen and oxygen atoms in total. The zero-order valence-corrected chi connectivity index (χ0v) is 17.3. The first kappa shape index (κ1) is 19.9. The van der Waals surface area contributed by atoms with E-state index < -0.39 is 0 Å². The predicted molar refractivity (Wildman–Crippen MR) is 115 cm³/mol. The van der Waals surface area contributed by atoms with Crippen molar-refractivity contribution in [2.24, 2.45) is 0 Å². The van der Waals surface area contributed by atoms with E-state index in [9.17, 15) is 4.79 Å². The van der Waals surface area contributed by atoms with Crippen LogP contribution in [0.1, 0.15) is 18.2 Å². The van der Waals surface area contributed by atoms with Crippen LogP contribution in [0, 0.1) is 0 Å². The number of para-hydroxylation sites is 1. The molecule has 0 unspecified atom stereocenters. The Labute approximate surface area is 178 Å². The van der Waals surface area contributed by atoms with Crippen LogP contribution in [0.4, 0.5) is 0 Å². The molecule has 4 rings (SSSR count). The second kappa shape index (κ2) is 9.41. The Morgan fingerprint density at radius 2 is 2.03 bits per heavy atom. The van der Waals surface area contributed by atoms with Crippen LogP contribution in [0.3, 0.4) is 0 Å². The molecule has 1 N–H and O–H groups in total. The number of nitrogens with one attached hydrogen (secondary N) is 1. The molecule has 0 radical (unpaired) electrons. The number of aromatic nitrogens is 4. The van der Waals surface area contributed by atoms with Gasteiger partial charge in [0.15, 0.2) is 11.0 Å². The van der Waals surface area contributed by atoms with Crippen LogP contribution in [0.15, 0.2) is 76.8 Å². The lowest BCUT2D eigenvalue weighted by Gasteiger charge is -2.14. The van der Waals surface area contributed by atoms with E-state index in [1.807, 2.05) is 41.0 Å². The van der Waals surface area contributed by atoms with Crippen molar-refractivity contribution in [3.63, 3.8) is 0 Å². The number of hydrogen-bond acceptors (Lipinski definition) is 6. The Balaban J connectivity index is 1.60. The predicted octanol–water partition coefficient (Wildman–Crippen LogP) is 3.89. The minimum atomic E-state index is -0.0994. The summed E-state index contributed by atoms with van der Waals surface area (Å²) in [7, 11) is 0. The fraction of sp³-hybridized carbons (Fsp3) is 0.182. The van der Waals surface area contributed by atoms with Gasteiger partial charge in [0.1, 0.15) is 5.76 Å². The highest BCUT2D eigenvalue weighted by molar-refractivity contribution is 7.99. The highest BCUT2D eigenvalue weighted by Gasteiger charge is 2.19. The van der Waals surface area contributed by atoms with Crippen LogP contribution in [0.25, 0.3) is 17.1 Å². The summed E-state index contributed by atoms with van der Waals surface area (Å²) in [6, 6.07) is 15.6. The summed E-state index contributed by atoms with van der Waals surface area (Å²) in [5.74, 6) is 1.53. The van der Waals surface area contributed by atoms with Gasteiger partial charge in [0.25, 0.3) is 0 Å².